The van der Waals surface area contributed by atoms with Crippen molar-refractivity contribution < 1.29 is 36.2 Å². The number of nitrogen functional groups attached to an aromatic ring is 1. The molecule has 100 valence electrons. The van der Waals surface area contributed by atoms with E-state index in [4.69, 9.17) is 10.8 Å². The van der Waals surface area contributed by atoms with Gasteiger partial charge in [-0.15, -0.1) is 0 Å². The number of rotatable bonds is 1. The van der Waals surface area contributed by atoms with Crippen LogP contribution in [0.15, 0.2) is 12.1 Å². The highest BCUT2D eigenvalue weighted by molar-refractivity contribution is 5.91. The number of carbonyl (C=O) groups is 1. The van der Waals surface area contributed by atoms with Gasteiger partial charge in [0, 0.05) is 5.69 Å². The van der Waals surface area contributed by atoms with Crippen LogP contribution >= 0.6 is 0 Å². The first-order valence-electron chi connectivity index (χ1n) is 4.26. The van der Waals surface area contributed by atoms with E-state index in [-0.39, 0.29) is 6.07 Å². The zero-order valence-corrected chi connectivity index (χ0v) is 8.36. The monoisotopic (exact) mass is 273 g/mol. The number of halogens is 6. The van der Waals surface area contributed by atoms with Crippen LogP contribution in [-0.4, -0.2) is 11.1 Å². The van der Waals surface area contributed by atoms with Crippen molar-refractivity contribution in [3.8, 4) is 0 Å². The third-order valence-electron chi connectivity index (χ3n) is 1.98. The van der Waals surface area contributed by atoms with Gasteiger partial charge in [0.25, 0.3) is 0 Å². The summed E-state index contributed by atoms with van der Waals surface area (Å²) in [6.45, 7) is 0. The number of alkyl halides is 6. The first-order valence-corrected chi connectivity index (χ1v) is 4.26. The van der Waals surface area contributed by atoms with Crippen molar-refractivity contribution in [3.63, 3.8) is 0 Å². The number of hydrogen-bond donors (Lipinski definition) is 2. The molecule has 0 atom stereocenters. The quantitative estimate of drug-likeness (QED) is 0.610. The number of aromatic carboxylic acids is 1. The van der Waals surface area contributed by atoms with E-state index in [0.717, 1.165) is 0 Å². The molecule has 1 aromatic rings. The van der Waals surface area contributed by atoms with Crippen molar-refractivity contribution in [3.05, 3.63) is 28.8 Å². The maximum Gasteiger partial charge on any atom is 0.417 e. The molecule has 0 saturated heterocycles. The second kappa shape index (κ2) is 4.07. The van der Waals surface area contributed by atoms with E-state index in [0.29, 0.717) is 6.07 Å². The van der Waals surface area contributed by atoms with Crippen LogP contribution in [0.25, 0.3) is 0 Å². The molecule has 3 nitrogen and oxygen atoms in total. The molecule has 3 N–H and O–H groups in total. The number of carboxylic acids is 1. The minimum atomic E-state index is -5.45. The van der Waals surface area contributed by atoms with Gasteiger partial charge in [-0.2, -0.15) is 26.3 Å². The average molecular weight is 273 g/mol. The van der Waals surface area contributed by atoms with E-state index in [9.17, 15) is 31.1 Å². The molecule has 0 aromatic heterocycles. The van der Waals surface area contributed by atoms with Crippen LogP contribution in [0.2, 0.25) is 0 Å². The van der Waals surface area contributed by atoms with Gasteiger partial charge in [0.15, 0.2) is 0 Å². The van der Waals surface area contributed by atoms with Crippen molar-refractivity contribution in [2.24, 2.45) is 0 Å². The van der Waals surface area contributed by atoms with Gasteiger partial charge in [0.05, 0.1) is 16.7 Å². The summed E-state index contributed by atoms with van der Waals surface area (Å²) in [7, 11) is 0. The zero-order chi connectivity index (χ0) is 14.3. The van der Waals surface area contributed by atoms with Crippen molar-refractivity contribution >= 4 is 11.7 Å². The molecule has 1 aromatic carbocycles. The minimum Gasteiger partial charge on any atom is -0.478 e. The van der Waals surface area contributed by atoms with Crippen molar-refractivity contribution in [1.82, 2.24) is 0 Å². The average Bonchev–Trinajstić information content (AvgIpc) is 2.12. The Morgan fingerprint density at radius 1 is 1.06 bits per heavy atom. The lowest BCUT2D eigenvalue weighted by Gasteiger charge is -2.18. The van der Waals surface area contributed by atoms with Crippen LogP contribution in [0, 0.1) is 0 Å². The Labute approximate surface area is 95.8 Å². The topological polar surface area (TPSA) is 63.3 Å². The SMILES string of the molecule is Nc1cc(C(=O)O)c(C(F)(F)F)c(C(F)(F)F)c1. The molecule has 0 radical (unpaired) electrons. The molecule has 0 aliphatic rings. The first kappa shape index (κ1) is 14.1. The fourth-order valence-electron chi connectivity index (χ4n) is 1.36. The van der Waals surface area contributed by atoms with Gasteiger partial charge >= 0.3 is 18.3 Å². The highest BCUT2D eigenvalue weighted by Gasteiger charge is 2.46. The lowest BCUT2D eigenvalue weighted by molar-refractivity contribution is -0.162. The van der Waals surface area contributed by atoms with Crippen molar-refractivity contribution in [1.29, 1.82) is 0 Å². The van der Waals surface area contributed by atoms with Gasteiger partial charge < -0.3 is 10.8 Å². The highest BCUT2D eigenvalue weighted by Crippen LogP contribution is 2.43. The third-order valence-corrected chi connectivity index (χ3v) is 1.98. The Morgan fingerprint density at radius 3 is 1.89 bits per heavy atom. The third kappa shape index (κ3) is 2.66. The van der Waals surface area contributed by atoms with Crippen LogP contribution in [0.3, 0.4) is 0 Å². The number of anilines is 1. The second-order valence-electron chi connectivity index (χ2n) is 3.29. The lowest BCUT2D eigenvalue weighted by atomic mass is 9.99. The molecule has 18 heavy (non-hydrogen) atoms. The van der Waals surface area contributed by atoms with Gasteiger partial charge in [-0.25, -0.2) is 4.79 Å². The zero-order valence-electron chi connectivity index (χ0n) is 8.36. The maximum atomic E-state index is 12.5. The Bertz CT molecular complexity index is 491. The number of benzene rings is 1. The van der Waals surface area contributed by atoms with Gasteiger partial charge in [0.2, 0.25) is 0 Å². The molecule has 0 heterocycles. The Kier molecular flexibility index (Phi) is 3.20. The molecule has 0 aliphatic carbocycles. The normalized spacial score (nSPS) is 12.6. The predicted molar refractivity (Wildman–Crippen MR) is 47.8 cm³/mol. The molecular weight excluding hydrogens is 268 g/mol. The lowest BCUT2D eigenvalue weighted by Crippen LogP contribution is -2.21. The standard InChI is InChI=1S/C9H5F6NO2/c10-8(11,12)5-2-3(16)1-4(7(17)18)6(5)9(13,14)15/h1-2H,16H2,(H,17,18). The van der Waals surface area contributed by atoms with Gasteiger partial charge in [-0.3, -0.25) is 0 Å². The number of hydrogen-bond acceptors (Lipinski definition) is 2. The summed E-state index contributed by atoms with van der Waals surface area (Å²) >= 11 is 0. The minimum absolute atomic E-state index is 0.0509. The molecule has 0 fully saturated rings. The second-order valence-corrected chi connectivity index (χ2v) is 3.29. The summed E-state index contributed by atoms with van der Waals surface area (Å²) in [4.78, 5) is 10.6. The Balaban J connectivity index is 3.76. The van der Waals surface area contributed by atoms with Crippen molar-refractivity contribution in [2.75, 3.05) is 5.73 Å². The molecule has 0 amide bonds. The first-order chi connectivity index (χ1) is 7.94. The fraction of sp³-hybridized carbons (Fsp3) is 0.222. The smallest absolute Gasteiger partial charge is 0.417 e. The van der Waals surface area contributed by atoms with E-state index < -0.39 is 40.7 Å². The van der Waals surface area contributed by atoms with Crippen LogP contribution in [0.1, 0.15) is 21.5 Å². The van der Waals surface area contributed by atoms with Crippen LogP contribution in [0.4, 0.5) is 32.0 Å². The molecule has 0 spiro atoms. The summed E-state index contributed by atoms with van der Waals surface area (Å²) in [6.07, 6.45) is -10.8. The van der Waals surface area contributed by atoms with E-state index in [1.54, 1.807) is 0 Å². The van der Waals surface area contributed by atoms with E-state index in [2.05, 4.69) is 0 Å². The van der Waals surface area contributed by atoms with E-state index in [1.807, 2.05) is 0 Å². The van der Waals surface area contributed by atoms with Crippen LogP contribution in [0.5, 0.6) is 0 Å². The van der Waals surface area contributed by atoms with Gasteiger partial charge in [0.1, 0.15) is 0 Å². The van der Waals surface area contributed by atoms with Gasteiger partial charge in [-0.05, 0) is 12.1 Å². The summed E-state index contributed by atoms with van der Waals surface area (Å²) in [5.74, 6) is -2.14. The molecular formula is C9H5F6NO2. The number of nitrogens with two attached hydrogens (primary N) is 1. The van der Waals surface area contributed by atoms with Crippen molar-refractivity contribution in [2.45, 2.75) is 12.4 Å². The number of carboxylic acid groups (broad SMARTS) is 1. The summed E-state index contributed by atoms with van der Waals surface area (Å²) in [5.41, 5.74) is -1.64. The Hall–Kier alpha value is -1.93. The molecule has 0 bridgehead atoms. The molecule has 0 saturated carbocycles. The summed E-state index contributed by atoms with van der Waals surface area (Å²) in [5, 5.41) is 8.52. The van der Waals surface area contributed by atoms with Crippen LogP contribution < -0.4 is 5.73 Å². The highest BCUT2D eigenvalue weighted by atomic mass is 19.4. The van der Waals surface area contributed by atoms with E-state index >= 15 is 0 Å². The predicted octanol–water partition coefficient (Wildman–Crippen LogP) is 3.00. The molecule has 1 rings (SSSR count). The molecule has 9 heteroatoms. The fourth-order valence-corrected chi connectivity index (χ4v) is 1.36. The summed E-state index contributed by atoms with van der Waals surface area (Å²) in [6, 6.07) is 0.385. The molecule has 0 unspecified atom stereocenters. The summed E-state index contributed by atoms with van der Waals surface area (Å²) < 4.78 is 74.9. The molecule has 0 aliphatic heterocycles. The maximum absolute atomic E-state index is 12.5. The largest absolute Gasteiger partial charge is 0.478 e. The van der Waals surface area contributed by atoms with Crippen LogP contribution in [-0.2, 0) is 12.4 Å². The Morgan fingerprint density at radius 2 is 1.56 bits per heavy atom. The van der Waals surface area contributed by atoms with E-state index in [1.165, 1.54) is 0 Å². The van der Waals surface area contributed by atoms with Gasteiger partial charge in [-0.1, -0.05) is 0 Å².